The molecule has 0 radical (unpaired) electrons. The van der Waals surface area contributed by atoms with Crippen LogP contribution in [0.3, 0.4) is 0 Å². The lowest BCUT2D eigenvalue weighted by Crippen LogP contribution is -2.13. The lowest BCUT2D eigenvalue weighted by atomic mass is 10.6. The molecule has 0 fully saturated rings. The molecule has 10 heavy (non-hydrogen) atoms. The number of hydrogen-bond donors (Lipinski definition) is 1. The fourth-order valence-electron chi connectivity index (χ4n) is 0.376. The molecule has 62 valence electrons. The molecule has 2 nitrogen and oxygen atoms in total. The summed E-state index contributed by atoms with van der Waals surface area (Å²) < 4.78 is 10.8. The van der Waals surface area contributed by atoms with Gasteiger partial charge in [0.1, 0.15) is 10.3 Å². The molecule has 2 atom stereocenters. The molecule has 0 spiro atoms. The van der Waals surface area contributed by atoms with Gasteiger partial charge < -0.3 is 5.11 Å². The monoisotopic (exact) mass is 204 g/mol. The number of rotatable bonds is 4. The first-order valence-electron chi connectivity index (χ1n) is 2.87. The van der Waals surface area contributed by atoms with Crippen LogP contribution in [0.5, 0.6) is 0 Å². The van der Waals surface area contributed by atoms with Crippen LogP contribution in [0.4, 0.5) is 0 Å². The van der Waals surface area contributed by atoms with E-state index in [1.165, 1.54) is 6.92 Å². The van der Waals surface area contributed by atoms with E-state index >= 15 is 0 Å². The van der Waals surface area contributed by atoms with Gasteiger partial charge in [-0.3, -0.25) is 4.21 Å². The third-order valence-electron chi connectivity index (χ3n) is 0.918. The third-order valence-corrected chi connectivity index (χ3v) is 2.75. The van der Waals surface area contributed by atoms with Gasteiger partial charge in [0, 0.05) is 16.6 Å². The van der Waals surface area contributed by atoms with E-state index in [0.717, 1.165) is 0 Å². The quantitative estimate of drug-likeness (QED) is 0.701. The average Bonchev–Trinajstić information content (AvgIpc) is 1.82. The molecule has 0 saturated carbocycles. The summed E-state index contributed by atoms with van der Waals surface area (Å²) in [6.07, 6.45) is 0.459. The predicted octanol–water partition coefficient (Wildman–Crippen LogP) is 1.27. The number of aliphatic hydroxyl groups is 1. The summed E-state index contributed by atoms with van der Waals surface area (Å²) in [6.45, 7) is 1.48. The summed E-state index contributed by atoms with van der Waals surface area (Å²) in [5.74, 6) is 0.356. The van der Waals surface area contributed by atoms with Crippen LogP contribution in [0, 0.1) is 0 Å². The number of halogens is 2. The van der Waals surface area contributed by atoms with Crippen molar-refractivity contribution < 1.29 is 9.32 Å². The molecule has 1 N–H and O–H groups in total. The number of hydrogen-bond acceptors (Lipinski definition) is 2. The van der Waals surface area contributed by atoms with E-state index in [2.05, 4.69) is 0 Å². The zero-order chi connectivity index (χ0) is 8.15. The molecule has 0 aliphatic carbocycles. The first-order valence-corrected chi connectivity index (χ1v) is 5.13. The molecule has 0 aliphatic rings. The number of alkyl halides is 2. The Morgan fingerprint density at radius 2 is 2.10 bits per heavy atom. The molecule has 0 aromatic carbocycles. The maximum absolute atomic E-state index is 10.8. The van der Waals surface area contributed by atoms with E-state index in [4.69, 9.17) is 28.3 Å². The van der Waals surface area contributed by atoms with Crippen LogP contribution in [-0.4, -0.2) is 25.3 Å². The van der Waals surface area contributed by atoms with Crippen LogP contribution in [0.1, 0.15) is 13.3 Å². The maximum Gasteiger partial charge on any atom is 0.126 e. The molecule has 0 saturated heterocycles. The second-order valence-electron chi connectivity index (χ2n) is 1.86. The van der Waals surface area contributed by atoms with Gasteiger partial charge in [0.15, 0.2) is 0 Å². The van der Waals surface area contributed by atoms with Crippen molar-refractivity contribution in [2.24, 2.45) is 0 Å². The Morgan fingerprint density at radius 1 is 1.60 bits per heavy atom. The zero-order valence-electron chi connectivity index (χ0n) is 5.59. The second kappa shape index (κ2) is 5.35. The molecule has 0 bridgehead atoms. The van der Waals surface area contributed by atoms with Gasteiger partial charge in [-0.1, -0.05) is 0 Å². The highest BCUT2D eigenvalue weighted by Gasteiger charge is 2.08. The van der Waals surface area contributed by atoms with E-state index in [9.17, 15) is 4.21 Å². The Kier molecular flexibility index (Phi) is 5.72. The summed E-state index contributed by atoms with van der Waals surface area (Å²) in [6, 6.07) is 0. The van der Waals surface area contributed by atoms with Crippen LogP contribution in [0.15, 0.2) is 0 Å². The minimum Gasteiger partial charge on any atom is -0.380 e. The fraction of sp³-hybridized carbons (Fsp3) is 1.00. The van der Waals surface area contributed by atoms with Gasteiger partial charge in [-0.2, -0.15) is 0 Å². The van der Waals surface area contributed by atoms with Gasteiger partial charge in [0.05, 0.1) is 0 Å². The molecular weight excluding hydrogens is 195 g/mol. The van der Waals surface area contributed by atoms with E-state index in [1.807, 2.05) is 0 Å². The smallest absolute Gasteiger partial charge is 0.126 e. The zero-order valence-corrected chi connectivity index (χ0v) is 7.92. The Balaban J connectivity index is 3.40. The van der Waals surface area contributed by atoms with Gasteiger partial charge in [0.25, 0.3) is 0 Å². The molecular formula is C5H10Cl2O2S. The standard InChI is InChI=1S/C5H10Cl2O2S/c1-4(8)10(9)3-2-5(6)7/h4-5,8H,2-3H2,1H3. The van der Waals surface area contributed by atoms with Crippen molar-refractivity contribution in [1.82, 2.24) is 0 Å². The van der Waals surface area contributed by atoms with Crippen molar-refractivity contribution in [3.63, 3.8) is 0 Å². The first kappa shape index (κ1) is 10.7. The van der Waals surface area contributed by atoms with Crippen LogP contribution in [-0.2, 0) is 10.8 Å². The summed E-state index contributed by atoms with van der Waals surface area (Å²) in [5, 5.41) is 8.75. The van der Waals surface area contributed by atoms with Crippen molar-refractivity contribution in [3.8, 4) is 0 Å². The van der Waals surface area contributed by atoms with Crippen molar-refractivity contribution >= 4 is 34.0 Å². The third kappa shape index (κ3) is 5.47. The van der Waals surface area contributed by atoms with Crippen molar-refractivity contribution in [1.29, 1.82) is 0 Å². The van der Waals surface area contributed by atoms with E-state index in [0.29, 0.717) is 12.2 Å². The van der Waals surface area contributed by atoms with Gasteiger partial charge in [-0.05, 0) is 13.3 Å². The molecule has 5 heteroatoms. The second-order valence-corrected chi connectivity index (χ2v) is 4.99. The minimum atomic E-state index is -1.21. The summed E-state index contributed by atoms with van der Waals surface area (Å²) >= 11 is 10.8. The molecule has 2 unspecified atom stereocenters. The van der Waals surface area contributed by atoms with Crippen LogP contribution < -0.4 is 0 Å². The SMILES string of the molecule is CC(O)S(=O)CCC(Cl)Cl. The molecule has 0 amide bonds. The Morgan fingerprint density at radius 3 is 2.40 bits per heavy atom. The lowest BCUT2D eigenvalue weighted by Gasteiger charge is -2.03. The largest absolute Gasteiger partial charge is 0.380 e. The number of aliphatic hydroxyl groups excluding tert-OH is 1. The molecule has 0 aliphatic heterocycles. The predicted molar refractivity (Wildman–Crippen MR) is 44.8 cm³/mol. The van der Waals surface area contributed by atoms with Gasteiger partial charge in [-0.25, -0.2) is 0 Å². The molecule has 0 aromatic heterocycles. The molecule has 0 heterocycles. The highest BCUT2D eigenvalue weighted by molar-refractivity contribution is 7.85. The maximum atomic E-state index is 10.8. The van der Waals surface area contributed by atoms with E-state index in [1.54, 1.807) is 0 Å². The fourth-order valence-corrected chi connectivity index (χ4v) is 1.66. The topological polar surface area (TPSA) is 37.3 Å². The van der Waals surface area contributed by atoms with Crippen LogP contribution in [0.25, 0.3) is 0 Å². The Hall–Kier alpha value is 0.690. The summed E-state index contributed by atoms with van der Waals surface area (Å²) in [4.78, 5) is -0.484. The first-order chi connectivity index (χ1) is 4.54. The average molecular weight is 205 g/mol. The van der Waals surface area contributed by atoms with Gasteiger partial charge in [-0.15, -0.1) is 23.2 Å². The lowest BCUT2D eigenvalue weighted by molar-refractivity contribution is 0.277. The molecule has 0 aromatic rings. The van der Waals surface area contributed by atoms with Crippen molar-refractivity contribution in [3.05, 3.63) is 0 Å². The van der Waals surface area contributed by atoms with Gasteiger partial charge >= 0.3 is 0 Å². The van der Waals surface area contributed by atoms with Crippen LogP contribution in [0.2, 0.25) is 0 Å². The van der Waals surface area contributed by atoms with Crippen molar-refractivity contribution in [2.45, 2.75) is 23.6 Å². The molecule has 0 rings (SSSR count). The van der Waals surface area contributed by atoms with E-state index in [-0.39, 0.29) is 0 Å². The Bertz CT molecular complexity index is 116. The van der Waals surface area contributed by atoms with Crippen molar-refractivity contribution in [2.75, 3.05) is 5.75 Å². The normalized spacial score (nSPS) is 17.3. The highest BCUT2D eigenvalue weighted by atomic mass is 35.5. The summed E-state index contributed by atoms with van der Waals surface area (Å²) in [7, 11) is -1.21. The summed E-state index contributed by atoms with van der Waals surface area (Å²) in [5.41, 5.74) is -0.785. The van der Waals surface area contributed by atoms with Crippen LogP contribution >= 0.6 is 23.2 Å². The van der Waals surface area contributed by atoms with E-state index < -0.39 is 21.1 Å². The highest BCUT2D eigenvalue weighted by Crippen LogP contribution is 2.08. The Labute approximate surface area is 73.0 Å². The van der Waals surface area contributed by atoms with Gasteiger partial charge in [0.2, 0.25) is 0 Å². The minimum absolute atomic E-state index is 0.356.